The Balaban J connectivity index is 1.26. The number of hydrogen-bond acceptors (Lipinski definition) is 5. The van der Waals surface area contributed by atoms with Gasteiger partial charge < -0.3 is 20.5 Å². The average Bonchev–Trinajstić information content (AvgIpc) is 3.36. The monoisotopic (exact) mass is 506 g/mol. The first-order chi connectivity index (χ1) is 18.5. The summed E-state index contributed by atoms with van der Waals surface area (Å²) >= 11 is 0. The lowest BCUT2D eigenvalue weighted by molar-refractivity contribution is -0.141. The van der Waals surface area contributed by atoms with Gasteiger partial charge in [0.1, 0.15) is 17.6 Å². The van der Waals surface area contributed by atoms with E-state index >= 15 is 0 Å². The van der Waals surface area contributed by atoms with Crippen LogP contribution in [-0.4, -0.2) is 43.1 Å². The summed E-state index contributed by atoms with van der Waals surface area (Å²) in [5.41, 5.74) is 5.26. The maximum absolute atomic E-state index is 12.6. The lowest BCUT2D eigenvalue weighted by Crippen LogP contribution is -2.41. The minimum absolute atomic E-state index is 0.0500. The number of rotatable bonds is 9. The number of nitrogens with one attached hydrogen (secondary N) is 2. The number of pyridine rings is 1. The predicted molar refractivity (Wildman–Crippen MR) is 144 cm³/mol. The molecule has 0 saturated heterocycles. The SMILES string of the molecule is O=C(Cc1ccc(-c2cccc(-c3nc4ccncc4[nH]3)c2O)cc1)NC(CCc1ccccc1)C(=O)O. The largest absolute Gasteiger partial charge is 0.507 e. The number of amides is 1. The first kappa shape index (κ1) is 24.7. The van der Waals surface area contributed by atoms with E-state index in [2.05, 4.69) is 20.3 Å². The second-order valence-corrected chi connectivity index (χ2v) is 9.04. The number of phenols is 1. The van der Waals surface area contributed by atoms with Gasteiger partial charge in [0.05, 0.1) is 29.2 Å². The Morgan fingerprint density at radius 1 is 0.895 bits per heavy atom. The van der Waals surface area contributed by atoms with Crippen LogP contribution in [0, 0.1) is 0 Å². The van der Waals surface area contributed by atoms with Gasteiger partial charge in [-0.25, -0.2) is 9.78 Å². The molecule has 0 radical (unpaired) electrons. The van der Waals surface area contributed by atoms with Crippen LogP contribution in [0.25, 0.3) is 33.5 Å². The number of phenolic OH excluding ortho intramolecular Hbond substituents is 1. The topological polar surface area (TPSA) is 128 Å². The van der Waals surface area contributed by atoms with Crippen LogP contribution < -0.4 is 5.32 Å². The molecule has 1 atom stereocenters. The third-order valence-electron chi connectivity index (χ3n) is 6.40. The normalized spacial score (nSPS) is 11.8. The Bertz CT molecular complexity index is 1550. The minimum atomic E-state index is -1.05. The Kier molecular flexibility index (Phi) is 7.13. The van der Waals surface area contributed by atoms with Crippen molar-refractivity contribution in [2.75, 3.05) is 0 Å². The number of carboxylic acids is 1. The summed E-state index contributed by atoms with van der Waals surface area (Å²) in [7, 11) is 0. The van der Waals surface area contributed by atoms with Gasteiger partial charge in [-0.1, -0.05) is 66.7 Å². The first-order valence-electron chi connectivity index (χ1n) is 12.3. The van der Waals surface area contributed by atoms with Gasteiger partial charge in [0.15, 0.2) is 0 Å². The van der Waals surface area contributed by atoms with Gasteiger partial charge in [-0.05, 0) is 41.7 Å². The van der Waals surface area contributed by atoms with E-state index in [4.69, 9.17) is 0 Å². The van der Waals surface area contributed by atoms with Crippen LogP contribution in [0.15, 0.2) is 91.3 Å². The molecule has 8 heteroatoms. The molecule has 0 fully saturated rings. The highest BCUT2D eigenvalue weighted by molar-refractivity contribution is 5.86. The van der Waals surface area contributed by atoms with Gasteiger partial charge >= 0.3 is 5.97 Å². The van der Waals surface area contributed by atoms with Gasteiger partial charge in [-0.2, -0.15) is 0 Å². The van der Waals surface area contributed by atoms with Crippen molar-refractivity contribution in [3.05, 3.63) is 102 Å². The van der Waals surface area contributed by atoms with Crippen LogP contribution in [0.3, 0.4) is 0 Å². The average molecular weight is 507 g/mol. The molecule has 0 spiro atoms. The highest BCUT2D eigenvalue weighted by atomic mass is 16.4. The number of fused-ring (bicyclic) bond motifs is 1. The summed E-state index contributed by atoms with van der Waals surface area (Å²) in [5.74, 6) is -0.781. The molecule has 0 bridgehead atoms. The number of aromatic hydroxyl groups is 1. The third kappa shape index (κ3) is 5.54. The molecular weight excluding hydrogens is 480 g/mol. The molecule has 2 aromatic heterocycles. The maximum Gasteiger partial charge on any atom is 0.326 e. The molecule has 0 aliphatic rings. The van der Waals surface area contributed by atoms with Crippen molar-refractivity contribution < 1.29 is 19.8 Å². The lowest BCUT2D eigenvalue weighted by Gasteiger charge is -2.15. The van der Waals surface area contributed by atoms with Crippen LogP contribution in [0.5, 0.6) is 5.75 Å². The number of imidazole rings is 1. The quantitative estimate of drug-likeness (QED) is 0.229. The van der Waals surface area contributed by atoms with Crippen molar-refractivity contribution in [1.82, 2.24) is 20.3 Å². The Morgan fingerprint density at radius 2 is 1.66 bits per heavy atom. The number of benzene rings is 3. The third-order valence-corrected chi connectivity index (χ3v) is 6.40. The zero-order chi connectivity index (χ0) is 26.5. The van der Waals surface area contributed by atoms with E-state index < -0.39 is 12.0 Å². The zero-order valence-electron chi connectivity index (χ0n) is 20.5. The molecule has 8 nitrogen and oxygen atoms in total. The molecule has 5 rings (SSSR count). The number of aromatic amines is 1. The summed E-state index contributed by atoms with van der Waals surface area (Å²) < 4.78 is 0. The van der Waals surface area contributed by atoms with Gasteiger partial charge in [0.2, 0.25) is 5.91 Å². The Labute approximate surface area is 219 Å². The summed E-state index contributed by atoms with van der Waals surface area (Å²) in [6.07, 6.45) is 4.26. The van der Waals surface area contributed by atoms with Gasteiger partial charge in [-0.15, -0.1) is 0 Å². The predicted octanol–water partition coefficient (Wildman–Crippen LogP) is 4.74. The van der Waals surface area contributed by atoms with E-state index in [1.165, 1.54) is 0 Å². The van der Waals surface area contributed by atoms with Gasteiger partial charge in [-0.3, -0.25) is 9.78 Å². The van der Waals surface area contributed by atoms with Crippen molar-refractivity contribution >= 4 is 22.9 Å². The summed E-state index contributed by atoms with van der Waals surface area (Å²) in [4.78, 5) is 36.1. The van der Waals surface area contributed by atoms with Crippen molar-refractivity contribution in [3.63, 3.8) is 0 Å². The number of para-hydroxylation sites is 1. The molecule has 38 heavy (non-hydrogen) atoms. The Morgan fingerprint density at radius 3 is 2.39 bits per heavy atom. The molecule has 1 unspecified atom stereocenters. The molecule has 3 aromatic carbocycles. The van der Waals surface area contributed by atoms with E-state index in [0.29, 0.717) is 29.8 Å². The molecule has 0 aliphatic heterocycles. The zero-order valence-corrected chi connectivity index (χ0v) is 20.5. The van der Waals surface area contributed by atoms with E-state index in [0.717, 1.165) is 27.7 Å². The first-order valence-corrected chi connectivity index (χ1v) is 12.3. The lowest BCUT2D eigenvalue weighted by atomic mass is 9.99. The summed E-state index contributed by atoms with van der Waals surface area (Å²) in [5, 5.41) is 23.2. The highest BCUT2D eigenvalue weighted by Gasteiger charge is 2.20. The molecule has 0 aliphatic carbocycles. The molecule has 190 valence electrons. The number of carbonyl (C=O) groups is 2. The number of nitrogens with zero attached hydrogens (tertiary/aromatic N) is 2. The molecule has 1 amide bonds. The van der Waals surface area contributed by atoms with E-state index in [1.807, 2.05) is 54.6 Å². The number of hydrogen-bond donors (Lipinski definition) is 4. The second-order valence-electron chi connectivity index (χ2n) is 9.04. The number of carbonyl (C=O) groups excluding carboxylic acids is 1. The number of aliphatic carboxylic acids is 1. The van der Waals surface area contributed by atoms with E-state index in [-0.39, 0.29) is 18.1 Å². The van der Waals surface area contributed by atoms with Gasteiger partial charge in [0.25, 0.3) is 0 Å². The molecule has 2 heterocycles. The standard InChI is InChI=1S/C30H26N4O4/c35-27(32-25(30(37)38)14-11-19-5-2-1-3-6-19)17-20-9-12-21(13-10-20)22-7-4-8-23(28(22)36)29-33-24-15-16-31-18-26(24)34-29/h1-10,12-13,15-16,18,25,36H,11,14,17H2,(H,32,35)(H,33,34)(H,37,38). The van der Waals surface area contributed by atoms with Crippen LogP contribution in [0.4, 0.5) is 0 Å². The van der Waals surface area contributed by atoms with E-state index in [1.54, 1.807) is 36.7 Å². The fourth-order valence-electron chi connectivity index (χ4n) is 4.40. The van der Waals surface area contributed by atoms with Crippen LogP contribution in [0.1, 0.15) is 17.5 Å². The molecular formula is C30H26N4O4. The number of aromatic nitrogens is 3. The number of H-pyrrole nitrogens is 1. The molecule has 4 N–H and O–H groups in total. The highest BCUT2D eigenvalue weighted by Crippen LogP contribution is 2.37. The van der Waals surface area contributed by atoms with Crippen molar-refractivity contribution in [1.29, 1.82) is 0 Å². The van der Waals surface area contributed by atoms with Crippen LogP contribution in [0.2, 0.25) is 0 Å². The number of carboxylic acid groups (broad SMARTS) is 1. The summed E-state index contributed by atoms with van der Waals surface area (Å²) in [6.45, 7) is 0. The molecule has 5 aromatic rings. The second kappa shape index (κ2) is 11.0. The van der Waals surface area contributed by atoms with Crippen molar-refractivity contribution in [3.8, 4) is 28.3 Å². The van der Waals surface area contributed by atoms with Crippen LogP contribution in [-0.2, 0) is 22.4 Å². The van der Waals surface area contributed by atoms with E-state index in [9.17, 15) is 19.8 Å². The van der Waals surface area contributed by atoms with Crippen LogP contribution >= 0.6 is 0 Å². The fourth-order valence-corrected chi connectivity index (χ4v) is 4.40. The van der Waals surface area contributed by atoms with Crippen molar-refractivity contribution in [2.45, 2.75) is 25.3 Å². The molecule has 0 saturated carbocycles. The van der Waals surface area contributed by atoms with Gasteiger partial charge in [0, 0.05) is 11.8 Å². The maximum atomic E-state index is 12.6. The number of aryl methyl sites for hydroxylation is 1. The fraction of sp³-hybridized carbons (Fsp3) is 0.133. The summed E-state index contributed by atoms with van der Waals surface area (Å²) in [6, 6.07) is 23.1. The minimum Gasteiger partial charge on any atom is -0.507 e. The van der Waals surface area contributed by atoms with Crippen molar-refractivity contribution in [2.24, 2.45) is 0 Å². The Hall–Kier alpha value is -4.98. The smallest absolute Gasteiger partial charge is 0.326 e.